The number of nitrogens with two attached hydrogens (primary N) is 1. The Morgan fingerprint density at radius 2 is 1.73 bits per heavy atom. The van der Waals surface area contributed by atoms with Crippen LogP contribution in [0.4, 0.5) is 5.69 Å². The number of aromatic nitrogens is 1. The summed E-state index contributed by atoms with van der Waals surface area (Å²) in [7, 11) is 0. The molecule has 0 unspecified atom stereocenters. The van der Waals surface area contributed by atoms with Crippen LogP contribution < -0.4 is 5.73 Å². The van der Waals surface area contributed by atoms with Gasteiger partial charge in [0.2, 0.25) is 0 Å². The number of benzene rings is 1. The van der Waals surface area contributed by atoms with Crippen LogP contribution in [0.15, 0.2) is 48.8 Å². The molecule has 0 fully saturated rings. The van der Waals surface area contributed by atoms with Crippen molar-refractivity contribution in [2.45, 2.75) is 13.5 Å². The van der Waals surface area contributed by atoms with E-state index in [0.717, 1.165) is 6.54 Å². The summed E-state index contributed by atoms with van der Waals surface area (Å²) in [6.45, 7) is 3.20. The molecule has 2 N–H and O–H groups in total. The lowest BCUT2D eigenvalue weighted by atomic mass is 10.3. The molecule has 0 saturated heterocycles. The number of hydrogen-bond acceptors (Lipinski definition) is 1. The molecule has 0 aliphatic carbocycles. The number of anilines is 1. The molecule has 0 amide bonds. The maximum absolute atomic E-state index is 5.58. The van der Waals surface area contributed by atoms with E-state index >= 15 is 0 Å². The van der Waals surface area contributed by atoms with Crippen molar-refractivity contribution < 1.29 is 0 Å². The van der Waals surface area contributed by atoms with Gasteiger partial charge in [-0.15, -0.1) is 0 Å². The average Bonchev–Trinajstić information content (AvgIpc) is 2.76. The van der Waals surface area contributed by atoms with E-state index in [1.807, 2.05) is 24.3 Å². The van der Waals surface area contributed by atoms with Gasteiger partial charge in [0.25, 0.3) is 0 Å². The Balaban J connectivity index is 0.000000151. The Morgan fingerprint density at radius 1 is 1.13 bits per heavy atom. The first-order valence-corrected chi connectivity index (χ1v) is 5.22. The third-order valence-electron chi connectivity index (χ3n) is 1.94. The Bertz CT molecular complexity index is 361. The van der Waals surface area contributed by atoms with Crippen LogP contribution in [0.2, 0.25) is 5.02 Å². The topological polar surface area (TPSA) is 30.9 Å². The van der Waals surface area contributed by atoms with E-state index in [4.69, 9.17) is 17.3 Å². The van der Waals surface area contributed by atoms with Gasteiger partial charge in [-0.3, -0.25) is 0 Å². The fraction of sp³-hybridized carbons (Fsp3) is 0.167. The minimum atomic E-state index is 0.618. The molecule has 0 aliphatic rings. The first-order valence-electron chi connectivity index (χ1n) is 4.84. The van der Waals surface area contributed by atoms with Gasteiger partial charge in [0.05, 0.1) is 10.7 Å². The number of halogens is 1. The summed E-state index contributed by atoms with van der Waals surface area (Å²) in [5.74, 6) is 0. The minimum Gasteiger partial charge on any atom is -0.398 e. The number of nitrogen functional groups attached to an aromatic ring is 1. The SMILES string of the molecule is CCn1cccc1.Nc1ccccc1Cl. The quantitative estimate of drug-likeness (QED) is 0.737. The monoisotopic (exact) mass is 222 g/mol. The molecule has 0 spiro atoms. The van der Waals surface area contributed by atoms with Crippen molar-refractivity contribution in [3.63, 3.8) is 0 Å². The first kappa shape index (κ1) is 11.7. The lowest BCUT2D eigenvalue weighted by molar-refractivity contribution is 0.769. The molecular weight excluding hydrogens is 208 g/mol. The Kier molecular flexibility index (Phi) is 4.78. The molecule has 2 rings (SSSR count). The Labute approximate surface area is 95.3 Å². The van der Waals surface area contributed by atoms with Crippen molar-refractivity contribution in [3.8, 4) is 0 Å². The van der Waals surface area contributed by atoms with Crippen molar-refractivity contribution in [1.29, 1.82) is 0 Å². The largest absolute Gasteiger partial charge is 0.398 e. The van der Waals surface area contributed by atoms with Crippen molar-refractivity contribution in [1.82, 2.24) is 4.57 Å². The number of para-hydroxylation sites is 1. The smallest absolute Gasteiger partial charge is 0.0635 e. The van der Waals surface area contributed by atoms with Gasteiger partial charge < -0.3 is 10.3 Å². The fourth-order valence-corrected chi connectivity index (χ4v) is 1.19. The third kappa shape index (κ3) is 4.09. The van der Waals surface area contributed by atoms with Crippen LogP contribution in [0, 0.1) is 0 Å². The summed E-state index contributed by atoms with van der Waals surface area (Å²) in [6.07, 6.45) is 4.11. The van der Waals surface area contributed by atoms with Gasteiger partial charge >= 0.3 is 0 Å². The van der Waals surface area contributed by atoms with E-state index < -0.39 is 0 Å². The Hall–Kier alpha value is -1.41. The predicted molar refractivity (Wildman–Crippen MR) is 66.0 cm³/mol. The van der Waals surface area contributed by atoms with Crippen molar-refractivity contribution >= 4 is 17.3 Å². The highest BCUT2D eigenvalue weighted by Crippen LogP contribution is 2.15. The van der Waals surface area contributed by atoms with Gasteiger partial charge in [-0.05, 0) is 31.2 Å². The summed E-state index contributed by atoms with van der Waals surface area (Å²) < 4.78 is 2.12. The van der Waals surface area contributed by atoms with E-state index in [9.17, 15) is 0 Å². The van der Waals surface area contributed by atoms with E-state index in [1.165, 1.54) is 0 Å². The van der Waals surface area contributed by atoms with Crippen LogP contribution >= 0.6 is 11.6 Å². The highest BCUT2D eigenvalue weighted by atomic mass is 35.5. The molecule has 15 heavy (non-hydrogen) atoms. The van der Waals surface area contributed by atoms with E-state index in [0.29, 0.717) is 10.7 Å². The van der Waals surface area contributed by atoms with Crippen molar-refractivity contribution in [2.24, 2.45) is 0 Å². The second-order valence-corrected chi connectivity index (χ2v) is 3.44. The maximum Gasteiger partial charge on any atom is 0.0635 e. The van der Waals surface area contributed by atoms with Gasteiger partial charge in [0.15, 0.2) is 0 Å². The molecule has 2 nitrogen and oxygen atoms in total. The highest BCUT2D eigenvalue weighted by Gasteiger charge is 1.87. The van der Waals surface area contributed by atoms with E-state index in [2.05, 4.69) is 23.9 Å². The summed E-state index contributed by atoms with van der Waals surface area (Å²) >= 11 is 5.58. The Morgan fingerprint density at radius 3 is 2.07 bits per heavy atom. The molecule has 1 heterocycles. The van der Waals surface area contributed by atoms with Gasteiger partial charge in [-0.2, -0.15) is 0 Å². The summed E-state index contributed by atoms with van der Waals surface area (Å²) in [5, 5.41) is 0.618. The lowest BCUT2D eigenvalue weighted by Gasteiger charge is -1.91. The van der Waals surface area contributed by atoms with Gasteiger partial charge in [-0.25, -0.2) is 0 Å². The van der Waals surface area contributed by atoms with E-state index in [-0.39, 0.29) is 0 Å². The number of hydrogen-bond donors (Lipinski definition) is 1. The molecular formula is C12H15ClN2. The maximum atomic E-state index is 5.58. The average molecular weight is 223 g/mol. The predicted octanol–water partition coefficient (Wildman–Crippen LogP) is 3.43. The zero-order chi connectivity index (χ0) is 11.1. The van der Waals surface area contributed by atoms with Gasteiger partial charge in [0.1, 0.15) is 0 Å². The molecule has 2 aromatic rings. The van der Waals surface area contributed by atoms with Crippen LogP contribution in [-0.4, -0.2) is 4.57 Å². The van der Waals surface area contributed by atoms with E-state index in [1.54, 1.807) is 12.1 Å². The number of aryl methyl sites for hydroxylation is 1. The standard InChI is InChI=1S/C6H6ClN.C6H9N/c7-5-3-1-2-4-6(5)8;1-2-7-5-3-4-6-7/h1-4H,8H2;3-6H,2H2,1H3. The number of nitrogens with zero attached hydrogens (tertiary/aromatic N) is 1. The zero-order valence-electron chi connectivity index (χ0n) is 8.73. The molecule has 0 bridgehead atoms. The molecule has 3 heteroatoms. The molecule has 80 valence electrons. The van der Waals surface area contributed by atoms with Gasteiger partial charge in [0, 0.05) is 18.9 Å². The summed E-state index contributed by atoms with van der Waals surface area (Å²) in [4.78, 5) is 0. The second kappa shape index (κ2) is 6.14. The van der Waals surface area contributed by atoms with Crippen LogP contribution in [0.1, 0.15) is 6.92 Å². The first-order chi connectivity index (χ1) is 7.24. The second-order valence-electron chi connectivity index (χ2n) is 3.04. The fourth-order valence-electron chi connectivity index (χ4n) is 1.06. The van der Waals surface area contributed by atoms with Crippen LogP contribution in [0.25, 0.3) is 0 Å². The molecule has 0 atom stereocenters. The van der Waals surface area contributed by atoms with Crippen molar-refractivity contribution in [3.05, 3.63) is 53.8 Å². The molecule has 0 radical (unpaired) electrons. The van der Waals surface area contributed by atoms with Crippen LogP contribution in [-0.2, 0) is 6.54 Å². The lowest BCUT2D eigenvalue weighted by Crippen LogP contribution is -1.85. The normalized spacial score (nSPS) is 9.20. The highest BCUT2D eigenvalue weighted by molar-refractivity contribution is 6.33. The van der Waals surface area contributed by atoms with Crippen LogP contribution in [0.5, 0.6) is 0 Å². The van der Waals surface area contributed by atoms with Gasteiger partial charge in [-0.1, -0.05) is 23.7 Å². The van der Waals surface area contributed by atoms with Crippen molar-refractivity contribution in [2.75, 3.05) is 5.73 Å². The zero-order valence-corrected chi connectivity index (χ0v) is 9.48. The molecule has 0 saturated carbocycles. The summed E-state index contributed by atoms with van der Waals surface area (Å²) in [5.41, 5.74) is 6.02. The third-order valence-corrected chi connectivity index (χ3v) is 2.28. The molecule has 1 aromatic heterocycles. The summed E-state index contributed by atoms with van der Waals surface area (Å²) in [6, 6.07) is 11.3. The van der Waals surface area contributed by atoms with Crippen LogP contribution in [0.3, 0.4) is 0 Å². The number of rotatable bonds is 1. The minimum absolute atomic E-state index is 0.618. The molecule has 1 aromatic carbocycles. The molecule has 0 aliphatic heterocycles.